The van der Waals surface area contributed by atoms with Crippen LogP contribution in [0.3, 0.4) is 0 Å². The third-order valence-electron chi connectivity index (χ3n) is 3.25. The third kappa shape index (κ3) is 4.12. The summed E-state index contributed by atoms with van der Waals surface area (Å²) in [5.74, 6) is 0.666. The van der Waals surface area contributed by atoms with E-state index in [0.717, 1.165) is 13.0 Å². The van der Waals surface area contributed by atoms with E-state index in [1.165, 1.54) is 24.0 Å². The monoisotopic (exact) mass is 360 g/mol. The molecule has 0 amide bonds. The number of hydrogen-bond donors (Lipinski definition) is 1. The molecule has 1 saturated carbocycles. The summed E-state index contributed by atoms with van der Waals surface area (Å²) in [5.41, 5.74) is 8.44. The molecule has 2 rings (SSSR count). The lowest BCUT2D eigenvalue weighted by Crippen LogP contribution is -2.35. The maximum Gasteiger partial charge on any atom is 0.191 e. The molecule has 18 heavy (non-hydrogen) atoms. The zero-order valence-electron chi connectivity index (χ0n) is 11.0. The van der Waals surface area contributed by atoms with Crippen LogP contribution in [0.25, 0.3) is 0 Å². The predicted octanol–water partition coefficient (Wildman–Crippen LogP) is 1.96. The van der Waals surface area contributed by atoms with Gasteiger partial charge in [-0.25, -0.2) is 0 Å². The van der Waals surface area contributed by atoms with Gasteiger partial charge in [-0.3, -0.25) is 9.98 Å². The summed E-state index contributed by atoms with van der Waals surface area (Å²) >= 11 is 0. The zero-order valence-corrected chi connectivity index (χ0v) is 13.3. The van der Waals surface area contributed by atoms with Crippen LogP contribution in [-0.4, -0.2) is 35.5 Å². The summed E-state index contributed by atoms with van der Waals surface area (Å²) < 4.78 is 0. The molecule has 1 aromatic heterocycles. The fourth-order valence-corrected chi connectivity index (χ4v) is 1.83. The minimum atomic E-state index is 0. The molecule has 0 unspecified atom stereocenters. The molecule has 4 nitrogen and oxygen atoms in total. The lowest BCUT2D eigenvalue weighted by molar-refractivity contribution is 0.487. The summed E-state index contributed by atoms with van der Waals surface area (Å²) in [4.78, 5) is 10.6. The Morgan fingerprint density at radius 1 is 1.56 bits per heavy atom. The Labute approximate surface area is 126 Å². The number of halogens is 1. The standard InChI is InChI=1S/C13H20N4.HI/c1-10-9-15-7-5-11(10)6-8-16-13(14)17(2)12-3-4-12;/h5,7,9,12H,3-4,6,8H2,1-2H3,(H2,14,16);1H. The van der Waals surface area contributed by atoms with Crippen molar-refractivity contribution < 1.29 is 0 Å². The smallest absolute Gasteiger partial charge is 0.191 e. The Morgan fingerprint density at radius 2 is 2.28 bits per heavy atom. The third-order valence-corrected chi connectivity index (χ3v) is 3.25. The summed E-state index contributed by atoms with van der Waals surface area (Å²) in [6.07, 6.45) is 7.13. The molecular weight excluding hydrogens is 339 g/mol. The molecule has 0 saturated heterocycles. The number of rotatable bonds is 4. The van der Waals surface area contributed by atoms with Crippen LogP contribution in [0.2, 0.25) is 0 Å². The van der Waals surface area contributed by atoms with Crippen LogP contribution in [0.1, 0.15) is 24.0 Å². The first-order valence-electron chi connectivity index (χ1n) is 6.10. The second kappa shape index (κ2) is 6.92. The van der Waals surface area contributed by atoms with Gasteiger partial charge in [0.1, 0.15) is 0 Å². The van der Waals surface area contributed by atoms with E-state index >= 15 is 0 Å². The first-order chi connectivity index (χ1) is 8.18. The summed E-state index contributed by atoms with van der Waals surface area (Å²) in [6, 6.07) is 2.67. The number of nitrogens with two attached hydrogens (primary N) is 1. The molecule has 0 bridgehead atoms. The second-order valence-electron chi connectivity index (χ2n) is 4.63. The molecule has 5 heteroatoms. The van der Waals surface area contributed by atoms with Crippen LogP contribution in [-0.2, 0) is 6.42 Å². The van der Waals surface area contributed by atoms with Gasteiger partial charge in [-0.05, 0) is 43.4 Å². The van der Waals surface area contributed by atoms with E-state index in [1.54, 1.807) is 0 Å². The van der Waals surface area contributed by atoms with Crippen molar-refractivity contribution in [3.8, 4) is 0 Å². The van der Waals surface area contributed by atoms with Gasteiger partial charge in [-0.1, -0.05) is 0 Å². The van der Waals surface area contributed by atoms with Crippen LogP contribution in [0.4, 0.5) is 0 Å². The number of aryl methyl sites for hydroxylation is 1. The largest absolute Gasteiger partial charge is 0.370 e. The van der Waals surface area contributed by atoms with Crippen LogP contribution < -0.4 is 5.73 Å². The van der Waals surface area contributed by atoms with Crippen molar-refractivity contribution in [2.24, 2.45) is 10.7 Å². The van der Waals surface area contributed by atoms with E-state index in [2.05, 4.69) is 21.8 Å². The lowest BCUT2D eigenvalue weighted by Gasteiger charge is -2.16. The second-order valence-corrected chi connectivity index (χ2v) is 4.63. The van der Waals surface area contributed by atoms with Crippen molar-refractivity contribution in [3.05, 3.63) is 29.6 Å². The first kappa shape index (κ1) is 15.2. The highest BCUT2D eigenvalue weighted by atomic mass is 127. The highest BCUT2D eigenvalue weighted by Gasteiger charge is 2.27. The van der Waals surface area contributed by atoms with Crippen LogP contribution >= 0.6 is 24.0 Å². The van der Waals surface area contributed by atoms with Crippen molar-refractivity contribution in [1.29, 1.82) is 0 Å². The molecule has 0 aliphatic heterocycles. The number of aromatic nitrogens is 1. The molecule has 0 atom stereocenters. The molecule has 0 spiro atoms. The summed E-state index contributed by atoms with van der Waals surface area (Å²) in [6.45, 7) is 2.82. The number of aliphatic imine (C=N–C) groups is 1. The Morgan fingerprint density at radius 3 is 2.89 bits per heavy atom. The number of nitrogens with zero attached hydrogens (tertiary/aromatic N) is 3. The van der Waals surface area contributed by atoms with E-state index in [0.29, 0.717) is 12.0 Å². The van der Waals surface area contributed by atoms with Crippen LogP contribution in [0.5, 0.6) is 0 Å². The SMILES string of the molecule is Cc1cnccc1CCN=C(N)N(C)C1CC1.I. The fraction of sp³-hybridized carbons (Fsp3) is 0.538. The van der Waals surface area contributed by atoms with Gasteiger partial charge < -0.3 is 10.6 Å². The van der Waals surface area contributed by atoms with Crippen molar-refractivity contribution in [2.45, 2.75) is 32.2 Å². The summed E-state index contributed by atoms with van der Waals surface area (Å²) in [5, 5.41) is 0. The van der Waals surface area contributed by atoms with Gasteiger partial charge in [-0.2, -0.15) is 0 Å². The average Bonchev–Trinajstić information content (AvgIpc) is 3.14. The molecule has 100 valence electrons. The molecule has 1 fully saturated rings. The summed E-state index contributed by atoms with van der Waals surface area (Å²) in [7, 11) is 2.02. The minimum absolute atomic E-state index is 0. The van der Waals surface area contributed by atoms with E-state index < -0.39 is 0 Å². The molecular formula is C13H21IN4. The molecule has 2 N–H and O–H groups in total. The molecule has 0 radical (unpaired) electrons. The van der Waals surface area contributed by atoms with E-state index in [9.17, 15) is 0 Å². The molecule has 0 aromatic carbocycles. The number of pyridine rings is 1. The van der Waals surface area contributed by atoms with Gasteiger partial charge in [0.05, 0.1) is 0 Å². The van der Waals surface area contributed by atoms with Crippen molar-refractivity contribution in [3.63, 3.8) is 0 Å². The van der Waals surface area contributed by atoms with E-state index in [1.807, 2.05) is 25.5 Å². The van der Waals surface area contributed by atoms with Crippen molar-refractivity contribution in [2.75, 3.05) is 13.6 Å². The van der Waals surface area contributed by atoms with Gasteiger partial charge in [0.15, 0.2) is 5.96 Å². The maximum atomic E-state index is 5.92. The topological polar surface area (TPSA) is 54.5 Å². The van der Waals surface area contributed by atoms with Gasteiger partial charge in [0.25, 0.3) is 0 Å². The highest BCUT2D eigenvalue weighted by Crippen LogP contribution is 2.24. The predicted molar refractivity (Wildman–Crippen MR) is 85.4 cm³/mol. The van der Waals surface area contributed by atoms with E-state index in [-0.39, 0.29) is 24.0 Å². The molecule has 1 aliphatic carbocycles. The highest BCUT2D eigenvalue weighted by molar-refractivity contribution is 14.0. The maximum absolute atomic E-state index is 5.92. The van der Waals surface area contributed by atoms with Gasteiger partial charge in [0, 0.05) is 32.0 Å². The average molecular weight is 360 g/mol. The van der Waals surface area contributed by atoms with Crippen molar-refractivity contribution in [1.82, 2.24) is 9.88 Å². The Kier molecular flexibility index (Phi) is 5.84. The lowest BCUT2D eigenvalue weighted by atomic mass is 10.1. The normalized spacial score (nSPS) is 15.1. The Bertz CT molecular complexity index is 415. The molecule has 1 aliphatic rings. The van der Waals surface area contributed by atoms with Gasteiger partial charge in [0.2, 0.25) is 0 Å². The molecule has 1 heterocycles. The Hall–Kier alpha value is -0.850. The van der Waals surface area contributed by atoms with Gasteiger partial charge >= 0.3 is 0 Å². The van der Waals surface area contributed by atoms with Gasteiger partial charge in [-0.15, -0.1) is 24.0 Å². The fourth-order valence-electron chi connectivity index (χ4n) is 1.83. The van der Waals surface area contributed by atoms with E-state index in [4.69, 9.17) is 5.73 Å². The zero-order chi connectivity index (χ0) is 12.3. The van der Waals surface area contributed by atoms with Crippen molar-refractivity contribution >= 4 is 29.9 Å². The van der Waals surface area contributed by atoms with Crippen LogP contribution in [0.15, 0.2) is 23.5 Å². The minimum Gasteiger partial charge on any atom is -0.370 e. The first-order valence-corrected chi connectivity index (χ1v) is 6.10. The molecule has 1 aromatic rings. The number of hydrogen-bond acceptors (Lipinski definition) is 2. The number of guanidine groups is 1. The quantitative estimate of drug-likeness (QED) is 0.507. The van der Waals surface area contributed by atoms with Crippen LogP contribution in [0, 0.1) is 6.92 Å². The Balaban J connectivity index is 0.00000162.